The molecule has 1 amide bonds. The van der Waals surface area contributed by atoms with Gasteiger partial charge in [-0.25, -0.2) is 0 Å². The number of carbonyl (C=O) groups is 1. The highest BCUT2D eigenvalue weighted by molar-refractivity contribution is 5.99. The molecular formula is C26H39NO4. The van der Waals surface area contributed by atoms with E-state index in [1.165, 1.54) is 5.57 Å². The van der Waals surface area contributed by atoms with E-state index in [1.54, 1.807) is 25.1 Å². The molecule has 2 unspecified atom stereocenters. The minimum absolute atomic E-state index is 0.0577. The highest BCUT2D eigenvalue weighted by atomic mass is 16.5. The standard InChI is InChI=1S/C26H39NO4/c1-7-8-9-10-19-16-22(28)24(21-15-18(4)11-12-20(21)17(2)3)25(29)23(19)26(30)27(5)13-14-31-6/h15-16,20-21,28-29H,2,7-14H2,1,3-6H3. The molecule has 0 saturated carbocycles. The summed E-state index contributed by atoms with van der Waals surface area (Å²) in [6.45, 7) is 11.2. The zero-order valence-corrected chi connectivity index (χ0v) is 19.8. The van der Waals surface area contributed by atoms with Gasteiger partial charge in [-0.2, -0.15) is 0 Å². The number of unbranched alkanes of at least 4 members (excludes halogenated alkanes) is 2. The van der Waals surface area contributed by atoms with Gasteiger partial charge in [-0.15, -0.1) is 0 Å². The molecule has 0 bridgehead atoms. The number of ether oxygens (including phenoxy) is 1. The van der Waals surface area contributed by atoms with E-state index in [4.69, 9.17) is 4.74 Å². The van der Waals surface area contributed by atoms with Crippen LogP contribution in [0.2, 0.25) is 0 Å². The van der Waals surface area contributed by atoms with E-state index in [0.29, 0.717) is 36.3 Å². The Morgan fingerprint density at radius 3 is 2.65 bits per heavy atom. The molecule has 0 radical (unpaired) electrons. The van der Waals surface area contributed by atoms with E-state index < -0.39 is 0 Å². The Bertz CT molecular complexity index is 827. The van der Waals surface area contributed by atoms with Crippen LogP contribution in [0.4, 0.5) is 0 Å². The molecule has 5 heteroatoms. The summed E-state index contributed by atoms with van der Waals surface area (Å²) in [6.07, 6.45) is 7.60. The van der Waals surface area contributed by atoms with E-state index >= 15 is 0 Å². The van der Waals surface area contributed by atoms with Crippen molar-refractivity contribution in [3.05, 3.63) is 46.6 Å². The monoisotopic (exact) mass is 429 g/mol. The Morgan fingerprint density at radius 1 is 1.32 bits per heavy atom. The van der Waals surface area contributed by atoms with Crippen LogP contribution in [0.1, 0.15) is 80.3 Å². The number of amides is 1. The van der Waals surface area contributed by atoms with Crippen LogP contribution >= 0.6 is 0 Å². The van der Waals surface area contributed by atoms with Crippen molar-refractivity contribution in [3.63, 3.8) is 0 Å². The third-order valence-corrected chi connectivity index (χ3v) is 6.35. The number of phenolic OH excluding ortho intramolecular Hbond substituents is 2. The third kappa shape index (κ3) is 5.91. The van der Waals surface area contributed by atoms with Gasteiger partial charge in [0.25, 0.3) is 5.91 Å². The summed E-state index contributed by atoms with van der Waals surface area (Å²) >= 11 is 0. The van der Waals surface area contributed by atoms with Gasteiger partial charge in [-0.1, -0.05) is 43.6 Å². The Hall–Kier alpha value is -2.27. The first kappa shape index (κ1) is 25.0. The molecule has 1 aliphatic carbocycles. The predicted octanol–water partition coefficient (Wildman–Crippen LogP) is 5.56. The van der Waals surface area contributed by atoms with Gasteiger partial charge in [0.2, 0.25) is 0 Å². The van der Waals surface area contributed by atoms with E-state index in [9.17, 15) is 15.0 Å². The zero-order chi connectivity index (χ0) is 23.1. The van der Waals surface area contributed by atoms with Crippen molar-refractivity contribution in [2.24, 2.45) is 5.92 Å². The first-order valence-electron chi connectivity index (χ1n) is 11.4. The second-order valence-electron chi connectivity index (χ2n) is 8.90. The van der Waals surface area contributed by atoms with Crippen molar-refractivity contribution < 1.29 is 19.7 Å². The number of hydrogen-bond donors (Lipinski definition) is 2. The van der Waals surface area contributed by atoms with Crippen LogP contribution in [0, 0.1) is 5.92 Å². The molecule has 1 aliphatic rings. The Balaban J connectivity index is 2.61. The fourth-order valence-corrected chi connectivity index (χ4v) is 4.48. The lowest BCUT2D eigenvalue weighted by atomic mass is 9.73. The number of nitrogens with zero attached hydrogens (tertiary/aromatic N) is 1. The van der Waals surface area contributed by atoms with Crippen LogP contribution in [0.25, 0.3) is 0 Å². The van der Waals surface area contributed by atoms with Crippen LogP contribution in [-0.2, 0) is 11.2 Å². The minimum Gasteiger partial charge on any atom is -0.507 e. The summed E-state index contributed by atoms with van der Waals surface area (Å²) in [6, 6.07) is 1.69. The number of phenols is 2. The predicted molar refractivity (Wildman–Crippen MR) is 126 cm³/mol. The first-order valence-corrected chi connectivity index (χ1v) is 11.4. The molecular weight excluding hydrogens is 390 g/mol. The van der Waals surface area contributed by atoms with Gasteiger partial charge < -0.3 is 19.8 Å². The van der Waals surface area contributed by atoms with Gasteiger partial charge in [0, 0.05) is 32.2 Å². The average molecular weight is 430 g/mol. The molecule has 0 aromatic heterocycles. The number of aryl methyl sites for hydroxylation is 1. The smallest absolute Gasteiger partial charge is 0.257 e. The molecule has 0 spiro atoms. The number of hydrogen-bond acceptors (Lipinski definition) is 4. The molecule has 1 aromatic rings. The molecule has 0 saturated heterocycles. The molecule has 2 atom stereocenters. The summed E-state index contributed by atoms with van der Waals surface area (Å²) in [7, 11) is 3.31. The topological polar surface area (TPSA) is 70.0 Å². The largest absolute Gasteiger partial charge is 0.507 e. The molecule has 5 nitrogen and oxygen atoms in total. The molecule has 0 fully saturated rings. The molecule has 2 N–H and O–H groups in total. The third-order valence-electron chi connectivity index (χ3n) is 6.35. The van der Waals surface area contributed by atoms with Crippen LogP contribution in [0.5, 0.6) is 11.5 Å². The summed E-state index contributed by atoms with van der Waals surface area (Å²) in [4.78, 5) is 14.9. The minimum atomic E-state index is -0.245. The van der Waals surface area contributed by atoms with Crippen molar-refractivity contribution in [2.75, 3.05) is 27.3 Å². The van der Waals surface area contributed by atoms with Gasteiger partial charge in [0.15, 0.2) is 0 Å². The maximum atomic E-state index is 13.3. The number of likely N-dealkylation sites (N-methyl/N-ethyl adjacent to an activating group) is 1. The van der Waals surface area contributed by atoms with E-state index in [0.717, 1.165) is 37.7 Å². The van der Waals surface area contributed by atoms with Crippen LogP contribution in [0.3, 0.4) is 0 Å². The summed E-state index contributed by atoms with van der Waals surface area (Å²) < 4.78 is 5.11. The molecule has 2 rings (SSSR count). The molecule has 31 heavy (non-hydrogen) atoms. The maximum absolute atomic E-state index is 13.3. The first-order chi connectivity index (χ1) is 14.7. The number of allylic oxidation sites excluding steroid dienone is 3. The van der Waals surface area contributed by atoms with Crippen molar-refractivity contribution in [3.8, 4) is 11.5 Å². The highest BCUT2D eigenvalue weighted by Gasteiger charge is 2.33. The van der Waals surface area contributed by atoms with Gasteiger partial charge in [-0.3, -0.25) is 4.79 Å². The zero-order valence-electron chi connectivity index (χ0n) is 19.8. The van der Waals surface area contributed by atoms with Crippen molar-refractivity contribution >= 4 is 5.91 Å². The van der Waals surface area contributed by atoms with Crippen molar-refractivity contribution in [2.45, 2.75) is 65.2 Å². The second-order valence-corrected chi connectivity index (χ2v) is 8.90. The molecule has 0 heterocycles. The lowest BCUT2D eigenvalue weighted by Gasteiger charge is -2.32. The van der Waals surface area contributed by atoms with Gasteiger partial charge in [0.1, 0.15) is 11.5 Å². The summed E-state index contributed by atoms with van der Waals surface area (Å²) in [5.74, 6) is -0.372. The van der Waals surface area contributed by atoms with Crippen molar-refractivity contribution in [1.29, 1.82) is 0 Å². The number of methoxy groups -OCH3 is 1. The van der Waals surface area contributed by atoms with Crippen molar-refractivity contribution in [1.82, 2.24) is 4.90 Å². The van der Waals surface area contributed by atoms with Crippen LogP contribution < -0.4 is 0 Å². The summed E-state index contributed by atoms with van der Waals surface area (Å²) in [5.41, 5.74) is 3.68. The maximum Gasteiger partial charge on any atom is 0.257 e. The lowest BCUT2D eigenvalue weighted by molar-refractivity contribution is 0.0740. The Kier molecular flexibility index (Phi) is 9.17. The fourth-order valence-electron chi connectivity index (χ4n) is 4.48. The number of rotatable bonds is 10. The second kappa shape index (κ2) is 11.4. The highest BCUT2D eigenvalue weighted by Crippen LogP contribution is 2.48. The fraction of sp³-hybridized carbons (Fsp3) is 0.577. The Morgan fingerprint density at radius 2 is 2.03 bits per heavy atom. The quantitative estimate of drug-likeness (QED) is 0.377. The number of carbonyl (C=O) groups excluding carboxylic acids is 1. The average Bonchev–Trinajstić information content (AvgIpc) is 2.71. The molecule has 0 aliphatic heterocycles. The van der Waals surface area contributed by atoms with Gasteiger partial charge in [0.05, 0.1) is 12.2 Å². The summed E-state index contributed by atoms with van der Waals surface area (Å²) in [5, 5.41) is 22.4. The number of aromatic hydroxyl groups is 2. The Labute approximate surface area is 187 Å². The normalized spacial score (nSPS) is 18.5. The SMILES string of the molecule is C=C(C)C1CCC(C)=CC1c1c(O)cc(CCCCC)c(C(=O)N(C)CCOC)c1O. The van der Waals surface area contributed by atoms with Gasteiger partial charge >= 0.3 is 0 Å². The van der Waals surface area contributed by atoms with Crippen LogP contribution in [-0.4, -0.2) is 48.3 Å². The van der Waals surface area contributed by atoms with E-state index in [-0.39, 0.29) is 29.2 Å². The van der Waals surface area contributed by atoms with Crippen LogP contribution in [0.15, 0.2) is 29.9 Å². The molecule has 1 aromatic carbocycles. The van der Waals surface area contributed by atoms with E-state index in [1.807, 2.05) is 6.92 Å². The molecule has 172 valence electrons. The van der Waals surface area contributed by atoms with Gasteiger partial charge in [-0.05, 0) is 57.1 Å². The van der Waals surface area contributed by atoms with E-state index in [2.05, 4.69) is 26.5 Å². The number of benzene rings is 1. The lowest BCUT2D eigenvalue weighted by Crippen LogP contribution is -2.31.